The minimum atomic E-state index is -4.40. The largest absolute Gasteiger partial charge is 0.393 e. The molecule has 0 fully saturated rings. The average Bonchev–Trinajstić information content (AvgIpc) is 2.36. The summed E-state index contributed by atoms with van der Waals surface area (Å²) in [5, 5.41) is 29.0. The van der Waals surface area contributed by atoms with Crippen LogP contribution in [0.25, 0.3) is 0 Å². The Bertz CT molecular complexity index is 616. The molecular weight excluding hydrogens is 295 g/mol. The summed E-state index contributed by atoms with van der Waals surface area (Å²) in [5.41, 5.74) is -2.92. The molecule has 112 valence electrons. The smallest absolute Gasteiger partial charge is 0.324 e. The first-order chi connectivity index (χ1) is 9.10. The predicted molar refractivity (Wildman–Crippen MR) is 66.0 cm³/mol. The molecular formula is C10H13FN2O6S. The standard InChI is InChI=1S/C10H13FN2O6S/c1-10(15,6-14)5-12-20(18,19)8-4-2-3-7(11)9(8)13(16)17/h2-4,12,14-15H,5-6H2,1H3. The number of nitrogens with zero attached hydrogens (tertiary/aromatic N) is 1. The number of benzene rings is 1. The summed E-state index contributed by atoms with van der Waals surface area (Å²) in [6.45, 7) is -0.143. The van der Waals surface area contributed by atoms with Crippen molar-refractivity contribution >= 4 is 15.7 Å². The second-order valence-electron chi connectivity index (χ2n) is 4.32. The van der Waals surface area contributed by atoms with E-state index >= 15 is 0 Å². The van der Waals surface area contributed by atoms with Crippen LogP contribution in [-0.4, -0.2) is 42.3 Å². The molecule has 0 saturated heterocycles. The maximum atomic E-state index is 13.3. The lowest BCUT2D eigenvalue weighted by molar-refractivity contribution is -0.390. The van der Waals surface area contributed by atoms with E-state index < -0.39 is 50.1 Å². The third-order valence-electron chi connectivity index (χ3n) is 2.41. The Morgan fingerprint density at radius 1 is 1.50 bits per heavy atom. The highest BCUT2D eigenvalue weighted by Crippen LogP contribution is 2.26. The topological polar surface area (TPSA) is 130 Å². The van der Waals surface area contributed by atoms with Crippen molar-refractivity contribution in [3.8, 4) is 0 Å². The van der Waals surface area contributed by atoms with Crippen molar-refractivity contribution in [2.45, 2.75) is 17.4 Å². The van der Waals surface area contributed by atoms with Crippen molar-refractivity contribution < 1.29 is 27.9 Å². The van der Waals surface area contributed by atoms with Crippen molar-refractivity contribution in [2.75, 3.05) is 13.2 Å². The summed E-state index contributed by atoms with van der Waals surface area (Å²) in [4.78, 5) is 8.74. The Balaban J connectivity index is 3.17. The van der Waals surface area contributed by atoms with Gasteiger partial charge in [0.25, 0.3) is 0 Å². The van der Waals surface area contributed by atoms with Crippen LogP contribution >= 0.6 is 0 Å². The minimum Gasteiger partial charge on any atom is -0.393 e. The van der Waals surface area contributed by atoms with E-state index in [4.69, 9.17) is 5.11 Å². The second kappa shape index (κ2) is 5.79. The highest BCUT2D eigenvalue weighted by Gasteiger charge is 2.31. The minimum absolute atomic E-state index is 0.584. The molecule has 1 rings (SSSR count). The molecule has 0 radical (unpaired) electrons. The van der Waals surface area contributed by atoms with Crippen LogP contribution in [0.2, 0.25) is 0 Å². The van der Waals surface area contributed by atoms with Gasteiger partial charge in [0, 0.05) is 6.54 Å². The van der Waals surface area contributed by atoms with Crippen molar-refractivity contribution in [1.29, 1.82) is 0 Å². The summed E-state index contributed by atoms with van der Waals surface area (Å²) in [5.74, 6) is -1.29. The fourth-order valence-electron chi connectivity index (χ4n) is 1.27. The molecule has 1 unspecified atom stereocenters. The Morgan fingerprint density at radius 2 is 2.10 bits per heavy atom. The monoisotopic (exact) mass is 308 g/mol. The van der Waals surface area contributed by atoms with Gasteiger partial charge in [-0.3, -0.25) is 10.1 Å². The van der Waals surface area contributed by atoms with E-state index in [0.717, 1.165) is 25.1 Å². The summed E-state index contributed by atoms with van der Waals surface area (Å²) < 4.78 is 39.0. The molecule has 0 aliphatic heterocycles. The van der Waals surface area contributed by atoms with Gasteiger partial charge >= 0.3 is 5.69 Å². The third-order valence-corrected chi connectivity index (χ3v) is 3.84. The molecule has 1 atom stereocenters. The fraction of sp³-hybridized carbons (Fsp3) is 0.400. The molecule has 8 nitrogen and oxygen atoms in total. The van der Waals surface area contributed by atoms with Crippen LogP contribution < -0.4 is 4.72 Å². The van der Waals surface area contributed by atoms with E-state index in [9.17, 15) is 28.0 Å². The van der Waals surface area contributed by atoms with E-state index in [2.05, 4.69) is 0 Å². The van der Waals surface area contributed by atoms with Crippen molar-refractivity contribution in [3.63, 3.8) is 0 Å². The van der Waals surface area contributed by atoms with Gasteiger partial charge in [-0.15, -0.1) is 0 Å². The number of sulfonamides is 1. The number of nitro groups is 1. The van der Waals surface area contributed by atoms with E-state index in [1.54, 1.807) is 0 Å². The normalized spacial score (nSPS) is 14.8. The van der Waals surface area contributed by atoms with E-state index in [0.29, 0.717) is 0 Å². The van der Waals surface area contributed by atoms with Crippen molar-refractivity contribution in [1.82, 2.24) is 4.72 Å². The van der Waals surface area contributed by atoms with Gasteiger partial charge in [-0.1, -0.05) is 6.07 Å². The third kappa shape index (κ3) is 3.70. The molecule has 0 spiro atoms. The summed E-state index contributed by atoms with van der Waals surface area (Å²) in [7, 11) is -4.40. The van der Waals surface area contributed by atoms with Gasteiger partial charge in [-0.05, 0) is 19.1 Å². The molecule has 1 aromatic rings. The number of hydrogen-bond acceptors (Lipinski definition) is 6. The predicted octanol–water partition coefficient (Wildman–Crippen LogP) is -0.244. The zero-order valence-corrected chi connectivity index (χ0v) is 11.2. The van der Waals surface area contributed by atoms with Gasteiger partial charge in [-0.25, -0.2) is 13.1 Å². The van der Waals surface area contributed by atoms with Gasteiger partial charge < -0.3 is 10.2 Å². The highest BCUT2D eigenvalue weighted by atomic mass is 32.2. The number of nitrogens with one attached hydrogen (secondary N) is 1. The number of rotatable bonds is 6. The first kappa shape index (κ1) is 16.4. The molecule has 10 heteroatoms. The zero-order chi connectivity index (χ0) is 15.6. The Morgan fingerprint density at radius 3 is 2.60 bits per heavy atom. The summed E-state index contributed by atoms with van der Waals surface area (Å²) in [6.07, 6.45) is 0. The van der Waals surface area contributed by atoms with Crippen LogP contribution in [0.5, 0.6) is 0 Å². The maximum absolute atomic E-state index is 13.3. The van der Waals surface area contributed by atoms with Crippen LogP contribution in [0.4, 0.5) is 10.1 Å². The molecule has 1 aromatic carbocycles. The summed E-state index contributed by atoms with van der Waals surface area (Å²) in [6, 6.07) is 2.65. The summed E-state index contributed by atoms with van der Waals surface area (Å²) >= 11 is 0. The van der Waals surface area contributed by atoms with Crippen LogP contribution in [0.1, 0.15) is 6.92 Å². The number of aliphatic hydroxyl groups excluding tert-OH is 1. The number of nitro benzene ring substituents is 1. The lowest BCUT2D eigenvalue weighted by atomic mass is 10.1. The van der Waals surface area contributed by atoms with Crippen molar-refractivity contribution in [3.05, 3.63) is 34.1 Å². The number of halogens is 1. The van der Waals surface area contributed by atoms with Gasteiger partial charge in [0.2, 0.25) is 15.8 Å². The molecule has 0 amide bonds. The van der Waals surface area contributed by atoms with Crippen LogP contribution in [0.15, 0.2) is 23.1 Å². The van der Waals surface area contributed by atoms with E-state index in [1.807, 2.05) is 4.72 Å². The van der Waals surface area contributed by atoms with Crippen LogP contribution in [0.3, 0.4) is 0 Å². The maximum Gasteiger partial charge on any atom is 0.324 e. The van der Waals surface area contributed by atoms with E-state index in [1.165, 1.54) is 0 Å². The number of hydrogen-bond donors (Lipinski definition) is 3. The first-order valence-corrected chi connectivity index (χ1v) is 6.85. The number of para-hydroxylation sites is 1. The molecule has 0 saturated carbocycles. The lowest BCUT2D eigenvalue weighted by Crippen LogP contribution is -2.43. The van der Waals surface area contributed by atoms with Gasteiger partial charge in [0.1, 0.15) is 0 Å². The Kier molecular flexibility index (Phi) is 4.76. The molecule has 0 bridgehead atoms. The Labute approximate surface area is 114 Å². The second-order valence-corrected chi connectivity index (χ2v) is 6.06. The molecule has 0 heterocycles. The highest BCUT2D eigenvalue weighted by molar-refractivity contribution is 7.89. The molecule has 0 aromatic heterocycles. The van der Waals surface area contributed by atoms with Crippen molar-refractivity contribution in [2.24, 2.45) is 0 Å². The first-order valence-electron chi connectivity index (χ1n) is 5.36. The SMILES string of the molecule is CC(O)(CO)CNS(=O)(=O)c1cccc(F)c1[N+](=O)[O-]. The molecule has 20 heavy (non-hydrogen) atoms. The number of aliphatic hydroxyl groups is 2. The molecule has 3 N–H and O–H groups in total. The Hall–Kier alpha value is -1.62. The van der Waals surface area contributed by atoms with Gasteiger partial charge in [-0.2, -0.15) is 4.39 Å². The van der Waals surface area contributed by atoms with Crippen LogP contribution in [-0.2, 0) is 10.0 Å². The zero-order valence-electron chi connectivity index (χ0n) is 10.4. The fourth-order valence-corrected chi connectivity index (χ4v) is 2.61. The van der Waals surface area contributed by atoms with Gasteiger partial charge in [0.15, 0.2) is 4.90 Å². The van der Waals surface area contributed by atoms with E-state index in [-0.39, 0.29) is 0 Å². The average molecular weight is 308 g/mol. The lowest BCUT2D eigenvalue weighted by Gasteiger charge is -2.20. The molecule has 0 aliphatic rings. The van der Waals surface area contributed by atoms with Crippen LogP contribution in [0, 0.1) is 15.9 Å². The quantitative estimate of drug-likeness (QED) is 0.491. The van der Waals surface area contributed by atoms with Gasteiger partial charge in [0.05, 0.1) is 17.1 Å². The molecule has 0 aliphatic carbocycles.